The average molecular weight is 348 g/mol. The van der Waals surface area contributed by atoms with Gasteiger partial charge in [0.25, 0.3) is 0 Å². The molecular formula is C16H14IN. The molecule has 1 nitrogen and oxygen atoms in total. The SMILES string of the molecule is [2H]c1cc[n+](Cc2ccccc2)c2ccccc12.[I-]. The first-order valence-corrected chi connectivity index (χ1v) is 5.76. The van der Waals surface area contributed by atoms with Crippen LogP contribution in [0.1, 0.15) is 6.93 Å². The molecule has 0 aliphatic rings. The molecule has 90 valence electrons. The van der Waals surface area contributed by atoms with Crippen molar-refractivity contribution in [3.8, 4) is 0 Å². The van der Waals surface area contributed by atoms with Crippen LogP contribution in [0.3, 0.4) is 0 Å². The van der Waals surface area contributed by atoms with Crippen LogP contribution in [-0.4, -0.2) is 0 Å². The Kier molecular flexibility index (Phi) is 3.86. The summed E-state index contributed by atoms with van der Waals surface area (Å²) in [6, 6.07) is 20.9. The third-order valence-corrected chi connectivity index (χ3v) is 2.90. The number of fused-ring (bicyclic) bond motifs is 1. The van der Waals surface area contributed by atoms with E-state index in [9.17, 15) is 0 Å². The highest BCUT2D eigenvalue weighted by Crippen LogP contribution is 2.08. The Hall–Kier alpha value is -1.42. The van der Waals surface area contributed by atoms with Gasteiger partial charge in [0, 0.05) is 23.1 Å². The fourth-order valence-corrected chi connectivity index (χ4v) is 2.06. The molecule has 0 radical (unpaired) electrons. The van der Waals surface area contributed by atoms with Crippen molar-refractivity contribution < 1.29 is 29.9 Å². The smallest absolute Gasteiger partial charge is 0.212 e. The third kappa shape index (κ3) is 2.70. The van der Waals surface area contributed by atoms with Crippen LogP contribution in [0.2, 0.25) is 0 Å². The van der Waals surface area contributed by atoms with E-state index in [0.717, 1.165) is 17.4 Å². The molecule has 0 N–H and O–H groups in total. The molecule has 0 unspecified atom stereocenters. The second-order valence-electron chi connectivity index (χ2n) is 4.09. The van der Waals surface area contributed by atoms with E-state index in [4.69, 9.17) is 1.37 Å². The van der Waals surface area contributed by atoms with Gasteiger partial charge in [-0.15, -0.1) is 0 Å². The lowest BCUT2D eigenvalue weighted by atomic mass is 10.2. The molecule has 1 heterocycles. The Morgan fingerprint density at radius 1 is 0.889 bits per heavy atom. The van der Waals surface area contributed by atoms with Gasteiger partial charge in [-0.1, -0.05) is 42.5 Å². The zero-order valence-corrected chi connectivity index (χ0v) is 12.0. The van der Waals surface area contributed by atoms with Crippen LogP contribution in [0.15, 0.2) is 72.9 Å². The summed E-state index contributed by atoms with van der Waals surface area (Å²) in [5.74, 6) is 0. The molecule has 0 aliphatic carbocycles. The van der Waals surface area contributed by atoms with Gasteiger partial charge >= 0.3 is 0 Å². The lowest BCUT2D eigenvalue weighted by Crippen LogP contribution is -3.00. The average Bonchev–Trinajstić information content (AvgIpc) is 2.44. The van der Waals surface area contributed by atoms with E-state index in [2.05, 4.69) is 34.9 Å². The monoisotopic (exact) mass is 348 g/mol. The Bertz CT molecular complexity index is 683. The fourth-order valence-electron chi connectivity index (χ4n) is 2.06. The summed E-state index contributed by atoms with van der Waals surface area (Å²) in [6.45, 7) is 0.835. The van der Waals surface area contributed by atoms with Gasteiger partial charge in [-0.2, -0.15) is 4.57 Å². The Labute approximate surface area is 126 Å². The number of aromatic nitrogens is 1. The van der Waals surface area contributed by atoms with E-state index in [0.29, 0.717) is 6.04 Å². The van der Waals surface area contributed by atoms with E-state index < -0.39 is 0 Å². The maximum absolute atomic E-state index is 7.93. The second kappa shape index (κ2) is 5.96. The minimum Gasteiger partial charge on any atom is -1.00 e. The van der Waals surface area contributed by atoms with Crippen molar-refractivity contribution >= 4 is 10.9 Å². The number of hydrogen-bond acceptors (Lipinski definition) is 0. The van der Waals surface area contributed by atoms with Gasteiger partial charge in [-0.25, -0.2) is 0 Å². The zero-order chi connectivity index (χ0) is 12.4. The lowest BCUT2D eigenvalue weighted by molar-refractivity contribution is -0.662. The van der Waals surface area contributed by atoms with Crippen molar-refractivity contribution in [2.75, 3.05) is 0 Å². The van der Waals surface area contributed by atoms with Gasteiger partial charge in [0.15, 0.2) is 12.7 Å². The zero-order valence-electron chi connectivity index (χ0n) is 10.9. The Morgan fingerprint density at radius 3 is 2.44 bits per heavy atom. The van der Waals surface area contributed by atoms with E-state index in [1.165, 1.54) is 5.56 Å². The van der Waals surface area contributed by atoms with Crippen molar-refractivity contribution in [2.45, 2.75) is 6.54 Å². The molecule has 0 spiro atoms. The molecule has 2 aromatic carbocycles. The maximum Gasteiger partial charge on any atom is 0.212 e. The maximum atomic E-state index is 7.93. The summed E-state index contributed by atoms with van der Waals surface area (Å²) < 4.78 is 10.1. The first-order valence-electron chi connectivity index (χ1n) is 6.26. The number of halogens is 1. The number of benzene rings is 2. The Balaban J connectivity index is 0.00000133. The van der Waals surface area contributed by atoms with Crippen LogP contribution in [0.4, 0.5) is 0 Å². The summed E-state index contributed by atoms with van der Waals surface area (Å²) >= 11 is 0. The van der Waals surface area contributed by atoms with Crippen LogP contribution >= 0.6 is 0 Å². The van der Waals surface area contributed by atoms with Gasteiger partial charge in [-0.05, 0) is 12.1 Å². The molecule has 18 heavy (non-hydrogen) atoms. The van der Waals surface area contributed by atoms with Gasteiger partial charge in [-0.3, -0.25) is 0 Å². The summed E-state index contributed by atoms with van der Waals surface area (Å²) in [5, 5.41) is 0.996. The highest BCUT2D eigenvalue weighted by Gasteiger charge is 2.07. The molecule has 1 aromatic heterocycles. The molecule has 0 saturated heterocycles. The van der Waals surface area contributed by atoms with Gasteiger partial charge in [0.1, 0.15) is 0 Å². The second-order valence-corrected chi connectivity index (χ2v) is 4.09. The molecule has 0 fully saturated rings. The predicted octanol–water partition coefficient (Wildman–Crippen LogP) is 0.180. The van der Waals surface area contributed by atoms with E-state index >= 15 is 0 Å². The number of pyridine rings is 1. The van der Waals surface area contributed by atoms with Crippen molar-refractivity contribution in [3.63, 3.8) is 0 Å². The summed E-state index contributed by atoms with van der Waals surface area (Å²) in [5.41, 5.74) is 2.37. The highest BCUT2D eigenvalue weighted by molar-refractivity contribution is 5.74. The normalized spacial score (nSPS) is 10.8. The molecule has 0 amide bonds. The van der Waals surface area contributed by atoms with Gasteiger partial charge < -0.3 is 24.0 Å². The number of rotatable bonds is 2. The number of para-hydroxylation sites is 1. The van der Waals surface area contributed by atoms with E-state index in [-0.39, 0.29) is 24.0 Å². The van der Waals surface area contributed by atoms with Crippen molar-refractivity contribution in [1.82, 2.24) is 0 Å². The topological polar surface area (TPSA) is 3.88 Å². The van der Waals surface area contributed by atoms with Crippen LogP contribution in [0.5, 0.6) is 0 Å². The molecule has 0 aliphatic heterocycles. The van der Waals surface area contributed by atoms with Crippen LogP contribution < -0.4 is 28.5 Å². The van der Waals surface area contributed by atoms with Crippen molar-refractivity contribution in [1.29, 1.82) is 0 Å². The molecule has 0 saturated carbocycles. The molecule has 2 heteroatoms. The molecule has 0 atom stereocenters. The van der Waals surface area contributed by atoms with Crippen molar-refractivity contribution in [3.05, 3.63) is 78.5 Å². The number of hydrogen-bond donors (Lipinski definition) is 0. The minimum atomic E-state index is 0. The Morgan fingerprint density at radius 2 is 1.61 bits per heavy atom. The van der Waals surface area contributed by atoms with Crippen LogP contribution in [0.25, 0.3) is 10.9 Å². The summed E-state index contributed by atoms with van der Waals surface area (Å²) in [7, 11) is 0. The van der Waals surface area contributed by atoms with Gasteiger partial charge in [0.05, 0.1) is 1.37 Å². The van der Waals surface area contributed by atoms with Crippen molar-refractivity contribution in [2.24, 2.45) is 0 Å². The first-order chi connectivity index (χ1) is 8.84. The summed E-state index contributed by atoms with van der Waals surface area (Å²) in [4.78, 5) is 0. The molecule has 3 rings (SSSR count). The fraction of sp³-hybridized carbons (Fsp3) is 0.0625. The first kappa shape index (κ1) is 11.7. The predicted molar refractivity (Wildman–Crippen MR) is 69.7 cm³/mol. The van der Waals surface area contributed by atoms with E-state index in [1.807, 2.05) is 36.5 Å². The minimum absolute atomic E-state index is 0. The summed E-state index contributed by atoms with van der Waals surface area (Å²) in [6.07, 6.45) is 1.98. The van der Waals surface area contributed by atoms with E-state index in [1.54, 1.807) is 0 Å². The van der Waals surface area contributed by atoms with Gasteiger partial charge in [0.2, 0.25) is 5.52 Å². The largest absolute Gasteiger partial charge is 1.00 e. The third-order valence-electron chi connectivity index (χ3n) is 2.90. The standard InChI is InChI=1S/C16H14N.HI/c1-2-7-14(8-3-1)13-17-12-6-10-15-9-4-5-11-16(15)17;/h1-12H,13H2;1H/q+1;/p-1/i10D;. The molecule has 0 bridgehead atoms. The van der Waals surface area contributed by atoms with Crippen LogP contribution in [0, 0.1) is 0 Å². The molecule has 3 aromatic rings. The lowest BCUT2D eigenvalue weighted by Gasteiger charge is -2.01. The number of nitrogens with zero attached hydrogens (tertiary/aromatic N) is 1. The quantitative estimate of drug-likeness (QED) is 0.460. The van der Waals surface area contributed by atoms with Crippen LogP contribution in [-0.2, 0) is 6.54 Å². The highest BCUT2D eigenvalue weighted by atomic mass is 127. The molecular weight excluding hydrogens is 333 g/mol.